The van der Waals surface area contributed by atoms with E-state index in [1.165, 1.54) is 7.11 Å². The summed E-state index contributed by atoms with van der Waals surface area (Å²) in [5.41, 5.74) is 0. The Bertz CT molecular complexity index is 95.0. The Morgan fingerprint density at radius 3 is 2.50 bits per heavy atom. The lowest BCUT2D eigenvalue weighted by molar-refractivity contribution is -0.230. The molecule has 62 valence electrons. The zero-order chi connectivity index (χ0) is 8.20. The monoisotopic (exact) mass is 166 g/mol. The third-order valence-corrected chi connectivity index (χ3v) is 1.57. The Balaban J connectivity index is 3.64. The lowest BCUT2D eigenvalue weighted by Gasteiger charge is -2.24. The third kappa shape index (κ3) is 4.11. The zero-order valence-electron chi connectivity index (χ0n) is 6.50. The maximum Gasteiger partial charge on any atom is 0.214 e. The summed E-state index contributed by atoms with van der Waals surface area (Å²) in [6, 6.07) is 0. The van der Waals surface area contributed by atoms with Crippen LogP contribution >= 0.6 is 12.6 Å². The molecule has 0 aliphatic carbocycles. The molecule has 1 N–H and O–H groups in total. The van der Waals surface area contributed by atoms with Crippen molar-refractivity contribution in [1.29, 1.82) is 0 Å². The molecular weight excluding hydrogens is 152 g/mol. The van der Waals surface area contributed by atoms with Crippen molar-refractivity contribution in [3.63, 3.8) is 0 Å². The predicted molar refractivity (Wildman–Crippen MR) is 41.8 cm³/mol. The van der Waals surface area contributed by atoms with Gasteiger partial charge in [-0.1, -0.05) is 6.92 Å². The molecule has 0 heterocycles. The summed E-state index contributed by atoms with van der Waals surface area (Å²) in [5.74, 6) is 0. The molecule has 0 aromatic carbocycles. The van der Waals surface area contributed by atoms with Gasteiger partial charge in [0.25, 0.3) is 0 Å². The van der Waals surface area contributed by atoms with Gasteiger partial charge in [-0.05, 0) is 6.92 Å². The van der Waals surface area contributed by atoms with E-state index < -0.39 is 11.4 Å². The number of methoxy groups -OCH3 is 1. The minimum atomic E-state index is -1.37. The van der Waals surface area contributed by atoms with Gasteiger partial charge in [0.05, 0.1) is 0 Å². The van der Waals surface area contributed by atoms with Gasteiger partial charge < -0.3 is 14.6 Å². The maximum atomic E-state index is 9.19. The largest absolute Gasteiger partial charge is 0.357 e. The van der Waals surface area contributed by atoms with E-state index in [9.17, 15) is 5.11 Å². The van der Waals surface area contributed by atoms with E-state index in [4.69, 9.17) is 9.47 Å². The van der Waals surface area contributed by atoms with E-state index in [0.29, 0.717) is 6.42 Å². The van der Waals surface area contributed by atoms with Gasteiger partial charge in [-0.2, -0.15) is 0 Å². The van der Waals surface area contributed by atoms with E-state index in [1.54, 1.807) is 13.8 Å². The molecule has 0 aromatic rings. The van der Waals surface area contributed by atoms with Crippen LogP contribution in [0.3, 0.4) is 0 Å². The van der Waals surface area contributed by atoms with Crippen LogP contribution in [0.1, 0.15) is 20.3 Å². The first-order chi connectivity index (χ1) is 4.52. The highest BCUT2D eigenvalue weighted by atomic mass is 32.1. The summed E-state index contributed by atoms with van der Waals surface area (Å²) < 4.78 is 9.69. The number of hydrogen-bond donors (Lipinski definition) is 2. The fourth-order valence-electron chi connectivity index (χ4n) is 0.397. The van der Waals surface area contributed by atoms with E-state index in [-0.39, 0.29) is 0 Å². The molecule has 10 heavy (non-hydrogen) atoms. The van der Waals surface area contributed by atoms with Crippen molar-refractivity contribution in [2.45, 2.75) is 31.7 Å². The number of thiol groups is 1. The van der Waals surface area contributed by atoms with E-state index in [2.05, 4.69) is 12.6 Å². The molecule has 3 nitrogen and oxygen atoms in total. The van der Waals surface area contributed by atoms with Crippen LogP contribution in [-0.4, -0.2) is 23.6 Å². The Morgan fingerprint density at radius 2 is 2.20 bits per heavy atom. The first kappa shape index (κ1) is 10.2. The predicted octanol–water partition coefficient (Wildman–Crippen LogP) is 0.981. The second-order valence-electron chi connectivity index (χ2n) is 2.02. The molecule has 0 spiro atoms. The standard InChI is InChI=1S/C6H14O3S/c1-4-6(7,10)9-5(2)8-3/h5,7,10H,4H2,1-3H3. The van der Waals surface area contributed by atoms with Crippen molar-refractivity contribution < 1.29 is 14.6 Å². The molecule has 0 saturated carbocycles. The van der Waals surface area contributed by atoms with Crippen LogP contribution < -0.4 is 0 Å². The SMILES string of the molecule is CCC(O)(S)OC(C)OC. The molecule has 0 amide bonds. The highest BCUT2D eigenvalue weighted by Gasteiger charge is 2.22. The Morgan fingerprint density at radius 1 is 1.70 bits per heavy atom. The van der Waals surface area contributed by atoms with Gasteiger partial charge in [0.15, 0.2) is 6.29 Å². The lowest BCUT2D eigenvalue weighted by atomic mass is 10.5. The van der Waals surface area contributed by atoms with Gasteiger partial charge in [-0.25, -0.2) is 0 Å². The second-order valence-corrected chi connectivity index (χ2v) is 2.72. The summed E-state index contributed by atoms with van der Waals surface area (Å²) in [7, 11) is 1.50. The fraction of sp³-hybridized carbons (Fsp3) is 1.00. The van der Waals surface area contributed by atoms with Crippen LogP contribution in [0.25, 0.3) is 0 Å². The molecule has 2 atom stereocenters. The van der Waals surface area contributed by atoms with E-state index in [1.807, 2.05) is 0 Å². The van der Waals surface area contributed by atoms with Gasteiger partial charge in [-0.3, -0.25) is 0 Å². The van der Waals surface area contributed by atoms with Crippen molar-refractivity contribution in [3.8, 4) is 0 Å². The quantitative estimate of drug-likeness (QED) is 0.483. The fourth-order valence-corrected chi connectivity index (χ4v) is 0.546. The van der Waals surface area contributed by atoms with Crippen molar-refractivity contribution >= 4 is 12.6 Å². The third-order valence-electron chi connectivity index (χ3n) is 1.15. The molecule has 0 aromatic heterocycles. The van der Waals surface area contributed by atoms with Gasteiger partial charge >= 0.3 is 0 Å². The van der Waals surface area contributed by atoms with Crippen LogP contribution in [0.5, 0.6) is 0 Å². The molecule has 0 saturated heterocycles. The summed E-state index contributed by atoms with van der Waals surface area (Å²) in [5, 5.41) is 7.82. The van der Waals surface area contributed by atoms with Crippen LogP contribution in [0.15, 0.2) is 0 Å². The van der Waals surface area contributed by atoms with E-state index >= 15 is 0 Å². The van der Waals surface area contributed by atoms with Crippen LogP contribution in [0.4, 0.5) is 0 Å². The minimum Gasteiger partial charge on any atom is -0.357 e. The van der Waals surface area contributed by atoms with Crippen molar-refractivity contribution in [1.82, 2.24) is 0 Å². The molecular formula is C6H14O3S. The van der Waals surface area contributed by atoms with Crippen molar-refractivity contribution in [3.05, 3.63) is 0 Å². The van der Waals surface area contributed by atoms with Crippen molar-refractivity contribution in [2.24, 2.45) is 0 Å². The Kier molecular flexibility index (Phi) is 4.28. The summed E-state index contributed by atoms with van der Waals surface area (Å²) >= 11 is 3.83. The molecule has 0 rings (SSSR count). The van der Waals surface area contributed by atoms with Crippen LogP contribution in [0.2, 0.25) is 0 Å². The topological polar surface area (TPSA) is 38.7 Å². The molecule has 0 radical (unpaired) electrons. The van der Waals surface area contributed by atoms with Gasteiger partial charge in [0, 0.05) is 13.5 Å². The Hall–Kier alpha value is 0.230. The molecule has 0 bridgehead atoms. The van der Waals surface area contributed by atoms with Gasteiger partial charge in [-0.15, -0.1) is 12.6 Å². The van der Waals surface area contributed by atoms with Gasteiger partial charge in [0.2, 0.25) is 5.12 Å². The van der Waals surface area contributed by atoms with Crippen LogP contribution in [0, 0.1) is 0 Å². The maximum absolute atomic E-state index is 9.19. The van der Waals surface area contributed by atoms with E-state index in [0.717, 1.165) is 0 Å². The highest BCUT2D eigenvalue weighted by molar-refractivity contribution is 7.81. The molecule has 4 heteroatoms. The molecule has 0 fully saturated rings. The second kappa shape index (κ2) is 4.18. The van der Waals surface area contributed by atoms with Crippen LogP contribution in [-0.2, 0) is 9.47 Å². The number of ether oxygens (including phenoxy) is 2. The molecule has 2 unspecified atom stereocenters. The normalized spacial score (nSPS) is 20.1. The number of rotatable bonds is 4. The zero-order valence-corrected chi connectivity index (χ0v) is 7.39. The van der Waals surface area contributed by atoms with Gasteiger partial charge in [0.1, 0.15) is 0 Å². The highest BCUT2D eigenvalue weighted by Crippen LogP contribution is 2.18. The first-order valence-corrected chi connectivity index (χ1v) is 3.62. The molecule has 0 aliphatic heterocycles. The first-order valence-electron chi connectivity index (χ1n) is 3.17. The smallest absolute Gasteiger partial charge is 0.214 e. The Labute approximate surface area is 66.7 Å². The van der Waals surface area contributed by atoms with Crippen molar-refractivity contribution in [2.75, 3.05) is 7.11 Å². The minimum absolute atomic E-state index is 0.420. The summed E-state index contributed by atoms with van der Waals surface area (Å²) in [4.78, 5) is 0. The average Bonchev–Trinajstić information content (AvgIpc) is 1.87. The molecule has 0 aliphatic rings. The number of hydrogen-bond acceptors (Lipinski definition) is 4. The average molecular weight is 166 g/mol. The lowest BCUT2D eigenvalue weighted by Crippen LogP contribution is -2.29. The summed E-state index contributed by atoms with van der Waals surface area (Å²) in [6.07, 6.45) is -0.00784. The summed E-state index contributed by atoms with van der Waals surface area (Å²) in [6.45, 7) is 3.46. The number of aliphatic hydroxyl groups is 1.